The molecule has 0 radical (unpaired) electrons. The maximum atomic E-state index is 11.3. The lowest BCUT2D eigenvalue weighted by Gasteiger charge is -2.07. The van der Waals surface area contributed by atoms with Crippen molar-refractivity contribution in [2.45, 2.75) is 6.92 Å². The van der Waals surface area contributed by atoms with E-state index < -0.39 is 0 Å². The summed E-state index contributed by atoms with van der Waals surface area (Å²) in [4.78, 5) is 15.7. The van der Waals surface area contributed by atoms with E-state index in [9.17, 15) is 9.90 Å². The van der Waals surface area contributed by atoms with Gasteiger partial charge in [0.25, 0.3) is 0 Å². The summed E-state index contributed by atoms with van der Waals surface area (Å²) >= 11 is 0. The van der Waals surface area contributed by atoms with Crippen molar-refractivity contribution >= 4 is 17.2 Å². The summed E-state index contributed by atoms with van der Waals surface area (Å²) in [5.74, 6) is 0.0721. The number of hydrogen-bond donors (Lipinski definition) is 2. The number of phenolic OH excluding ortho intramolecular Hbond substituents is 1. The van der Waals surface area contributed by atoms with Crippen molar-refractivity contribution in [1.82, 2.24) is 14.6 Å². The lowest BCUT2D eigenvalue weighted by molar-refractivity contribution is -0.114. The van der Waals surface area contributed by atoms with E-state index >= 15 is 0 Å². The molecule has 2 heterocycles. The molecule has 6 heteroatoms. The molecule has 6 nitrogen and oxygen atoms in total. The lowest BCUT2D eigenvalue weighted by atomic mass is 10.1. The normalized spacial score (nSPS) is 10.8. The average Bonchev–Trinajstić information content (AvgIpc) is 3.04. The molecule has 0 unspecified atom stereocenters. The standard InChI is InChI=1S/C20H16N4O2/c1-13(25)22-16-6-2-5-15(10-16)19-12-21-20-9-8-18(23-24(19)20)14-4-3-7-17(26)11-14/h2-12,26H,1H3,(H,22,25). The monoisotopic (exact) mass is 344 g/mol. The molecule has 128 valence electrons. The Morgan fingerprint density at radius 1 is 1.04 bits per heavy atom. The SMILES string of the molecule is CC(=O)Nc1cccc(-c2cnc3ccc(-c4cccc(O)c4)nn23)c1. The predicted molar refractivity (Wildman–Crippen MR) is 99.8 cm³/mol. The molecule has 0 fully saturated rings. The Labute approximate surface area is 149 Å². The van der Waals surface area contributed by atoms with Gasteiger partial charge in [-0.1, -0.05) is 24.3 Å². The largest absolute Gasteiger partial charge is 0.508 e. The van der Waals surface area contributed by atoms with Gasteiger partial charge in [-0.15, -0.1) is 0 Å². The number of fused-ring (bicyclic) bond motifs is 1. The predicted octanol–water partition coefficient (Wildman–Crippen LogP) is 3.73. The third kappa shape index (κ3) is 3.00. The fourth-order valence-electron chi connectivity index (χ4n) is 2.85. The van der Waals surface area contributed by atoms with Crippen molar-refractivity contribution in [1.29, 1.82) is 0 Å². The van der Waals surface area contributed by atoms with Gasteiger partial charge in [0.15, 0.2) is 5.65 Å². The van der Waals surface area contributed by atoms with Crippen LogP contribution in [0.2, 0.25) is 0 Å². The highest BCUT2D eigenvalue weighted by Crippen LogP contribution is 2.26. The summed E-state index contributed by atoms with van der Waals surface area (Å²) in [6.45, 7) is 1.48. The summed E-state index contributed by atoms with van der Waals surface area (Å²) in [7, 11) is 0. The first-order chi connectivity index (χ1) is 12.6. The number of nitrogens with one attached hydrogen (secondary N) is 1. The van der Waals surface area contributed by atoms with Gasteiger partial charge in [0.2, 0.25) is 5.91 Å². The minimum absolute atomic E-state index is 0.121. The molecule has 0 saturated carbocycles. The Bertz CT molecular complexity index is 1120. The summed E-state index contributed by atoms with van der Waals surface area (Å²) in [5, 5.41) is 17.2. The number of amides is 1. The minimum Gasteiger partial charge on any atom is -0.508 e. The second kappa shape index (κ2) is 6.33. The van der Waals surface area contributed by atoms with Crippen molar-refractivity contribution in [3.63, 3.8) is 0 Å². The van der Waals surface area contributed by atoms with Crippen LogP contribution >= 0.6 is 0 Å². The van der Waals surface area contributed by atoms with Crippen LogP contribution in [0.5, 0.6) is 5.75 Å². The second-order valence-corrected chi connectivity index (χ2v) is 5.94. The van der Waals surface area contributed by atoms with Crippen LogP contribution < -0.4 is 5.32 Å². The number of imidazole rings is 1. The van der Waals surface area contributed by atoms with Crippen LogP contribution in [0.25, 0.3) is 28.2 Å². The van der Waals surface area contributed by atoms with E-state index in [0.29, 0.717) is 11.3 Å². The molecule has 2 aromatic carbocycles. The zero-order valence-electron chi connectivity index (χ0n) is 14.0. The number of aromatic hydroxyl groups is 1. The average molecular weight is 344 g/mol. The number of benzene rings is 2. The first-order valence-corrected chi connectivity index (χ1v) is 8.12. The molecule has 0 aliphatic rings. The number of carbonyl (C=O) groups excluding carboxylic acids is 1. The van der Waals surface area contributed by atoms with E-state index in [2.05, 4.69) is 15.4 Å². The summed E-state index contributed by atoms with van der Waals surface area (Å²) in [6.07, 6.45) is 1.75. The molecule has 1 amide bonds. The van der Waals surface area contributed by atoms with Crippen LogP contribution in [0.1, 0.15) is 6.92 Å². The van der Waals surface area contributed by atoms with Gasteiger partial charge in [-0.2, -0.15) is 5.10 Å². The Morgan fingerprint density at radius 2 is 1.85 bits per heavy atom. The van der Waals surface area contributed by atoms with Crippen LogP contribution in [-0.4, -0.2) is 25.6 Å². The van der Waals surface area contributed by atoms with Crippen molar-refractivity contribution in [3.05, 3.63) is 66.9 Å². The molecule has 4 rings (SSSR count). The summed E-state index contributed by atoms with van der Waals surface area (Å²) in [5.41, 5.74) is 4.69. The van der Waals surface area contributed by atoms with Gasteiger partial charge >= 0.3 is 0 Å². The first kappa shape index (κ1) is 15.8. The molecule has 4 aromatic rings. The number of anilines is 1. The quantitative estimate of drug-likeness (QED) is 0.593. The van der Waals surface area contributed by atoms with Gasteiger partial charge in [0.05, 0.1) is 17.6 Å². The van der Waals surface area contributed by atoms with Crippen molar-refractivity contribution in [2.75, 3.05) is 5.32 Å². The van der Waals surface area contributed by atoms with Gasteiger partial charge in [0, 0.05) is 23.7 Å². The Hall–Kier alpha value is -3.67. The highest BCUT2D eigenvalue weighted by molar-refractivity contribution is 5.89. The van der Waals surface area contributed by atoms with Gasteiger partial charge in [0.1, 0.15) is 5.75 Å². The molecule has 0 bridgehead atoms. The molecule has 0 saturated heterocycles. The maximum Gasteiger partial charge on any atom is 0.221 e. The molecular formula is C20H16N4O2. The molecule has 0 aliphatic heterocycles. The van der Waals surface area contributed by atoms with E-state index in [1.165, 1.54) is 6.92 Å². The topological polar surface area (TPSA) is 79.5 Å². The third-order valence-electron chi connectivity index (χ3n) is 3.98. The van der Waals surface area contributed by atoms with Gasteiger partial charge in [-0.05, 0) is 36.4 Å². The highest BCUT2D eigenvalue weighted by Gasteiger charge is 2.10. The number of rotatable bonds is 3. The molecule has 2 N–H and O–H groups in total. The van der Waals surface area contributed by atoms with Crippen LogP contribution in [-0.2, 0) is 4.79 Å². The molecule has 0 spiro atoms. The van der Waals surface area contributed by atoms with Gasteiger partial charge in [-0.3, -0.25) is 4.79 Å². The van der Waals surface area contributed by atoms with Crippen LogP contribution in [0.4, 0.5) is 5.69 Å². The Kier molecular flexibility index (Phi) is 3.85. The van der Waals surface area contributed by atoms with E-state index in [1.807, 2.05) is 42.5 Å². The summed E-state index contributed by atoms with van der Waals surface area (Å²) < 4.78 is 1.76. The lowest BCUT2D eigenvalue weighted by Crippen LogP contribution is -2.05. The number of aromatic nitrogens is 3. The molecule has 26 heavy (non-hydrogen) atoms. The maximum absolute atomic E-state index is 11.3. The Balaban J connectivity index is 1.81. The van der Waals surface area contributed by atoms with Crippen molar-refractivity contribution in [2.24, 2.45) is 0 Å². The van der Waals surface area contributed by atoms with E-state index in [0.717, 1.165) is 22.5 Å². The summed E-state index contributed by atoms with van der Waals surface area (Å²) in [6, 6.07) is 18.2. The molecular weight excluding hydrogens is 328 g/mol. The zero-order valence-corrected chi connectivity index (χ0v) is 14.0. The van der Waals surface area contributed by atoms with Crippen LogP contribution in [0.15, 0.2) is 66.9 Å². The second-order valence-electron chi connectivity index (χ2n) is 5.94. The number of hydrogen-bond acceptors (Lipinski definition) is 4. The van der Waals surface area contributed by atoms with E-state index in [-0.39, 0.29) is 11.7 Å². The molecule has 0 atom stereocenters. The Morgan fingerprint density at radius 3 is 2.65 bits per heavy atom. The number of nitrogens with zero attached hydrogens (tertiary/aromatic N) is 3. The number of carbonyl (C=O) groups is 1. The third-order valence-corrected chi connectivity index (χ3v) is 3.98. The van der Waals surface area contributed by atoms with E-state index in [1.54, 1.807) is 28.9 Å². The molecule has 0 aliphatic carbocycles. The highest BCUT2D eigenvalue weighted by atomic mass is 16.3. The number of phenols is 1. The fraction of sp³-hybridized carbons (Fsp3) is 0.0500. The van der Waals surface area contributed by atoms with E-state index in [4.69, 9.17) is 0 Å². The van der Waals surface area contributed by atoms with Crippen LogP contribution in [0, 0.1) is 0 Å². The zero-order chi connectivity index (χ0) is 18.1. The van der Waals surface area contributed by atoms with Gasteiger partial charge < -0.3 is 10.4 Å². The fourth-order valence-corrected chi connectivity index (χ4v) is 2.85. The van der Waals surface area contributed by atoms with Crippen molar-refractivity contribution in [3.8, 4) is 28.3 Å². The first-order valence-electron chi connectivity index (χ1n) is 8.12. The van der Waals surface area contributed by atoms with Gasteiger partial charge in [-0.25, -0.2) is 9.50 Å². The smallest absolute Gasteiger partial charge is 0.221 e. The van der Waals surface area contributed by atoms with Crippen LogP contribution in [0.3, 0.4) is 0 Å². The minimum atomic E-state index is -0.121. The molecule has 2 aromatic heterocycles. The van der Waals surface area contributed by atoms with Crippen molar-refractivity contribution < 1.29 is 9.90 Å².